The molecule has 0 spiro atoms. The molecule has 13 rings (SSSR count). The molecule has 0 amide bonds. The monoisotopic (exact) mass is 1080 g/mol. The first kappa shape index (κ1) is 55.2. The van der Waals surface area contributed by atoms with Crippen molar-refractivity contribution in [2.24, 2.45) is 0 Å². The van der Waals surface area contributed by atoms with Crippen LogP contribution in [-0.4, -0.2) is 6.71 Å². The Morgan fingerprint density at radius 3 is 0.988 bits per heavy atom. The van der Waals surface area contributed by atoms with Gasteiger partial charge >= 0.3 is 0 Å². The minimum Gasteiger partial charge on any atom is -0.311 e. The summed E-state index contributed by atoms with van der Waals surface area (Å²) in [5, 5.41) is 0. The van der Waals surface area contributed by atoms with Crippen LogP contribution in [0.25, 0.3) is 0 Å². The molecule has 0 unspecified atom stereocenters. The number of rotatable bonds is 5. The molecule has 0 saturated heterocycles. The smallest absolute Gasteiger partial charge is 0.252 e. The maximum Gasteiger partial charge on any atom is 0.252 e. The summed E-state index contributed by atoms with van der Waals surface area (Å²) in [7, 11) is 0. The molecule has 0 bridgehead atoms. The molecule has 2 aliphatic heterocycles. The second-order valence-corrected chi connectivity index (χ2v) is 34.1. The maximum atomic E-state index is 2.75. The van der Waals surface area contributed by atoms with E-state index in [-0.39, 0.29) is 60.9 Å². The van der Waals surface area contributed by atoms with E-state index in [1.54, 1.807) is 0 Å². The molecule has 0 atom stereocenters. The lowest BCUT2D eigenvalue weighted by atomic mass is 9.33. The normalized spacial score (nSPS) is 20.8. The van der Waals surface area contributed by atoms with Crippen molar-refractivity contribution in [2.45, 2.75) is 232 Å². The molecule has 0 radical (unpaired) electrons. The molecule has 2 heterocycles. The lowest BCUT2D eigenvalue weighted by molar-refractivity contribution is 0.402. The van der Waals surface area contributed by atoms with Gasteiger partial charge in [-0.15, -0.1) is 0 Å². The summed E-state index contributed by atoms with van der Waals surface area (Å²) in [5.74, 6) is 0. The summed E-state index contributed by atoms with van der Waals surface area (Å²) in [6.07, 6.45) is 4.45. The Morgan fingerprint density at radius 1 is 0.329 bits per heavy atom. The molecule has 4 aliphatic carbocycles. The van der Waals surface area contributed by atoms with Crippen LogP contribution in [0.15, 0.2) is 121 Å². The lowest BCUT2D eigenvalue weighted by Gasteiger charge is -2.46. The average molecular weight is 1080 g/mol. The predicted octanol–water partition coefficient (Wildman–Crippen LogP) is 19.7. The van der Waals surface area contributed by atoms with Gasteiger partial charge in [-0.05, 0) is 225 Å². The van der Waals surface area contributed by atoms with Crippen molar-refractivity contribution in [2.75, 3.05) is 14.7 Å². The van der Waals surface area contributed by atoms with E-state index in [4.69, 9.17) is 0 Å². The second kappa shape index (κ2) is 16.9. The fourth-order valence-electron chi connectivity index (χ4n) is 18.5. The lowest BCUT2D eigenvalue weighted by Crippen LogP contribution is -2.62. The molecular formula is C78H94BN3. The average Bonchev–Trinajstić information content (AvgIpc) is 1.92. The fraction of sp³-hybridized carbons (Fsp3) is 0.462. The highest BCUT2D eigenvalue weighted by molar-refractivity contribution is 7.00. The van der Waals surface area contributed by atoms with Gasteiger partial charge < -0.3 is 14.7 Å². The molecule has 82 heavy (non-hydrogen) atoms. The van der Waals surface area contributed by atoms with Gasteiger partial charge in [-0.1, -0.05) is 201 Å². The van der Waals surface area contributed by atoms with E-state index in [9.17, 15) is 0 Å². The summed E-state index contributed by atoms with van der Waals surface area (Å²) >= 11 is 0. The van der Waals surface area contributed by atoms with Gasteiger partial charge in [0, 0.05) is 45.5 Å². The molecule has 424 valence electrons. The fourth-order valence-corrected chi connectivity index (χ4v) is 18.5. The zero-order chi connectivity index (χ0) is 59.0. The zero-order valence-electron chi connectivity index (χ0n) is 54.3. The highest BCUT2D eigenvalue weighted by Crippen LogP contribution is 2.59. The Hall–Kier alpha value is -6.00. The van der Waals surface area contributed by atoms with Crippen molar-refractivity contribution < 1.29 is 0 Å². The van der Waals surface area contributed by atoms with Crippen molar-refractivity contribution in [1.82, 2.24) is 0 Å². The molecule has 7 aromatic rings. The van der Waals surface area contributed by atoms with E-state index in [1.807, 2.05) is 0 Å². The number of benzene rings is 7. The Bertz CT molecular complexity index is 3630. The van der Waals surface area contributed by atoms with E-state index in [1.165, 1.54) is 118 Å². The third kappa shape index (κ3) is 8.15. The van der Waals surface area contributed by atoms with Crippen molar-refractivity contribution >= 4 is 74.3 Å². The third-order valence-electron chi connectivity index (χ3n) is 21.4. The predicted molar refractivity (Wildman–Crippen MR) is 355 cm³/mol. The molecule has 0 N–H and O–H groups in total. The van der Waals surface area contributed by atoms with Gasteiger partial charge in [0.05, 0.1) is 5.69 Å². The summed E-state index contributed by atoms with van der Waals surface area (Å²) in [4.78, 5) is 8.11. The highest BCUT2D eigenvalue weighted by atomic mass is 15.2. The van der Waals surface area contributed by atoms with E-state index in [0.717, 1.165) is 31.4 Å². The topological polar surface area (TPSA) is 9.72 Å². The van der Waals surface area contributed by atoms with Crippen molar-refractivity contribution in [1.29, 1.82) is 0 Å². The van der Waals surface area contributed by atoms with Gasteiger partial charge in [0.2, 0.25) is 0 Å². The van der Waals surface area contributed by atoms with Gasteiger partial charge in [-0.2, -0.15) is 0 Å². The minimum atomic E-state index is -0.0535. The molecule has 3 nitrogen and oxygen atoms in total. The summed E-state index contributed by atoms with van der Waals surface area (Å²) in [6, 6.07) is 50.1. The number of nitrogens with zero attached hydrogens (tertiary/aromatic N) is 3. The van der Waals surface area contributed by atoms with Crippen LogP contribution >= 0.6 is 0 Å². The van der Waals surface area contributed by atoms with Crippen LogP contribution in [0.4, 0.5) is 51.2 Å². The third-order valence-corrected chi connectivity index (χ3v) is 21.4. The first-order chi connectivity index (χ1) is 37.8. The highest BCUT2D eigenvalue weighted by Gasteiger charge is 2.52. The van der Waals surface area contributed by atoms with Crippen LogP contribution in [0.5, 0.6) is 0 Å². The molecule has 6 aliphatic rings. The molecule has 0 saturated carbocycles. The van der Waals surface area contributed by atoms with Crippen molar-refractivity contribution in [3.63, 3.8) is 0 Å². The van der Waals surface area contributed by atoms with Crippen molar-refractivity contribution in [3.8, 4) is 0 Å². The minimum absolute atomic E-state index is 0.00266. The van der Waals surface area contributed by atoms with E-state index in [2.05, 4.69) is 288 Å². The standard InChI is InChI=1S/C78H94BN3/c1-69(2,3)47-25-23-27-49(33-47)80(50-28-24-26-48(34-50)70(4,5)6)53-37-66-68-67(38-53)82(52-30-32-55-57(36-52)74(13,14)44-72(55,9)10)65-42-61-59(76(17,18)46-78(61,21)22)40-63(65)79(68)62-39-58-60(77(19,20)45-75(58,15)16)41-64(62)81(66)51-29-31-54-56(35-51)73(11,12)43-71(54,7)8/h23-42H,43-46H2,1-22H3. The quantitative estimate of drug-likeness (QED) is 0.159. The van der Waals surface area contributed by atoms with Crippen LogP contribution < -0.4 is 31.1 Å². The maximum absolute atomic E-state index is 2.75. The van der Waals surface area contributed by atoms with Crippen LogP contribution in [-0.2, 0) is 54.1 Å². The Kier molecular flexibility index (Phi) is 11.4. The molecule has 4 heteroatoms. The van der Waals surface area contributed by atoms with Gasteiger partial charge in [-0.3, -0.25) is 0 Å². The summed E-state index contributed by atoms with van der Waals surface area (Å²) in [5.41, 5.74) is 30.0. The molecule has 0 aromatic heterocycles. The van der Waals surface area contributed by atoms with Gasteiger partial charge in [0.15, 0.2) is 0 Å². The second-order valence-electron chi connectivity index (χ2n) is 34.1. The van der Waals surface area contributed by atoms with Gasteiger partial charge in [0.25, 0.3) is 6.71 Å². The van der Waals surface area contributed by atoms with E-state index in [0.29, 0.717) is 0 Å². The Morgan fingerprint density at radius 2 is 0.646 bits per heavy atom. The molecular weight excluding hydrogens is 990 g/mol. The number of anilines is 9. The molecule has 0 fully saturated rings. The number of hydrogen-bond acceptors (Lipinski definition) is 3. The Balaban J connectivity index is 1.21. The summed E-state index contributed by atoms with van der Waals surface area (Å²) in [6.45, 7) is 53.8. The largest absolute Gasteiger partial charge is 0.311 e. The molecule has 7 aromatic carbocycles. The van der Waals surface area contributed by atoms with E-state index >= 15 is 0 Å². The number of hydrogen-bond donors (Lipinski definition) is 0. The van der Waals surface area contributed by atoms with Crippen LogP contribution in [0.3, 0.4) is 0 Å². The van der Waals surface area contributed by atoms with Crippen LogP contribution in [0, 0.1) is 0 Å². The first-order valence-electron chi connectivity index (χ1n) is 31.3. The Labute approximate surface area is 495 Å². The SMILES string of the molecule is CC(C)(C)c1cccc(N(c2cccc(C(C)(C)C)c2)c2cc3c4c(c2)N(c2ccc5c(c2)C(C)(C)CC5(C)C)c2cc5c(cc2B4c2cc4c(cc2N3c2ccc3c(c2)C(C)(C)CC3(C)C)C(C)(C)CC4(C)C)C(C)(C)CC5(C)C)c1. The van der Waals surface area contributed by atoms with Gasteiger partial charge in [0.1, 0.15) is 0 Å². The van der Waals surface area contributed by atoms with Crippen molar-refractivity contribution in [3.05, 3.63) is 177 Å². The van der Waals surface area contributed by atoms with E-state index < -0.39 is 0 Å². The van der Waals surface area contributed by atoms with Gasteiger partial charge in [-0.25, -0.2) is 0 Å². The first-order valence-corrected chi connectivity index (χ1v) is 31.3. The summed E-state index contributed by atoms with van der Waals surface area (Å²) < 4.78 is 0. The number of fused-ring (bicyclic) bond motifs is 8. The van der Waals surface area contributed by atoms with Crippen LogP contribution in [0.2, 0.25) is 0 Å². The zero-order valence-corrected chi connectivity index (χ0v) is 54.3. The van der Waals surface area contributed by atoms with Crippen LogP contribution in [0.1, 0.15) is 234 Å².